The number of aromatic nitrogens is 3. The van der Waals surface area contributed by atoms with Crippen LogP contribution in [0.4, 0.5) is 0 Å². The van der Waals surface area contributed by atoms with Crippen LogP contribution in [0.15, 0.2) is 6.33 Å². The number of nitrogens with zero attached hydrogens (tertiary/aromatic N) is 3. The third-order valence-corrected chi connectivity index (χ3v) is 5.50. The minimum atomic E-state index is 0.593. The molecule has 0 aliphatic heterocycles. The van der Waals surface area contributed by atoms with Gasteiger partial charge in [-0.25, -0.2) is 0 Å². The van der Waals surface area contributed by atoms with E-state index in [4.69, 9.17) is 0 Å². The van der Waals surface area contributed by atoms with Crippen LogP contribution >= 0.6 is 0 Å². The molecule has 17 heavy (non-hydrogen) atoms. The van der Waals surface area contributed by atoms with Crippen molar-refractivity contribution in [1.29, 1.82) is 0 Å². The second-order valence-corrected chi connectivity index (χ2v) is 6.95. The molecule has 0 N–H and O–H groups in total. The number of rotatable bonds is 2. The van der Waals surface area contributed by atoms with Gasteiger partial charge in [0.25, 0.3) is 0 Å². The fourth-order valence-corrected chi connectivity index (χ4v) is 5.31. The highest BCUT2D eigenvalue weighted by molar-refractivity contribution is 5.05. The first-order valence-corrected chi connectivity index (χ1v) is 7.05. The smallest absolute Gasteiger partial charge is 0.133 e. The maximum atomic E-state index is 4.30. The van der Waals surface area contributed by atoms with Gasteiger partial charge in [-0.05, 0) is 61.7 Å². The Hall–Kier alpha value is -0.860. The van der Waals surface area contributed by atoms with Crippen molar-refractivity contribution in [3.05, 3.63) is 12.2 Å². The summed E-state index contributed by atoms with van der Waals surface area (Å²) in [6, 6.07) is 0. The third-order valence-electron chi connectivity index (χ3n) is 5.50. The van der Waals surface area contributed by atoms with Gasteiger partial charge in [-0.3, -0.25) is 0 Å². The van der Waals surface area contributed by atoms with E-state index in [1.165, 1.54) is 50.8 Å². The van der Waals surface area contributed by atoms with Gasteiger partial charge in [0.15, 0.2) is 0 Å². The van der Waals surface area contributed by atoms with Gasteiger partial charge in [0.2, 0.25) is 0 Å². The number of hydrogen-bond donors (Lipinski definition) is 0. The maximum Gasteiger partial charge on any atom is 0.133 e. The molecule has 3 nitrogen and oxygen atoms in total. The minimum Gasteiger partial charge on any atom is -0.321 e. The lowest BCUT2D eigenvalue weighted by Gasteiger charge is -2.56. The van der Waals surface area contributed by atoms with Crippen molar-refractivity contribution in [2.75, 3.05) is 0 Å². The molecule has 0 atom stereocenters. The van der Waals surface area contributed by atoms with Gasteiger partial charge in [-0.2, -0.15) is 0 Å². The molecule has 0 radical (unpaired) electrons. The fraction of sp³-hybridized carbons (Fsp3) is 0.857. The molecule has 5 rings (SSSR count). The lowest BCUT2D eigenvalue weighted by atomic mass is 9.49. The zero-order valence-electron chi connectivity index (χ0n) is 10.6. The molecule has 0 saturated heterocycles. The van der Waals surface area contributed by atoms with Gasteiger partial charge < -0.3 is 4.57 Å². The monoisotopic (exact) mass is 231 g/mol. The topological polar surface area (TPSA) is 30.7 Å². The Kier molecular flexibility index (Phi) is 1.98. The lowest BCUT2D eigenvalue weighted by Crippen LogP contribution is -2.47. The SMILES string of the molecule is Cn1cnnc1CC12CC3CC(CC(C3)C1)C2. The van der Waals surface area contributed by atoms with Crippen molar-refractivity contribution in [3.8, 4) is 0 Å². The molecule has 4 bridgehead atoms. The largest absolute Gasteiger partial charge is 0.321 e. The Morgan fingerprint density at radius 2 is 1.76 bits per heavy atom. The second kappa shape index (κ2) is 3.33. The van der Waals surface area contributed by atoms with Crippen LogP contribution in [0.3, 0.4) is 0 Å². The van der Waals surface area contributed by atoms with E-state index in [-0.39, 0.29) is 0 Å². The zero-order valence-corrected chi connectivity index (χ0v) is 10.6. The van der Waals surface area contributed by atoms with Crippen LogP contribution in [0.25, 0.3) is 0 Å². The Morgan fingerprint density at radius 3 is 2.24 bits per heavy atom. The highest BCUT2D eigenvalue weighted by Gasteiger charge is 2.51. The van der Waals surface area contributed by atoms with Gasteiger partial charge in [-0.15, -0.1) is 10.2 Å². The number of hydrogen-bond acceptors (Lipinski definition) is 2. The first kappa shape index (κ1) is 10.1. The first-order valence-electron chi connectivity index (χ1n) is 7.05. The van der Waals surface area contributed by atoms with Crippen LogP contribution < -0.4 is 0 Å². The van der Waals surface area contributed by atoms with Crippen molar-refractivity contribution >= 4 is 0 Å². The van der Waals surface area contributed by atoms with Crippen LogP contribution in [0.5, 0.6) is 0 Å². The van der Waals surface area contributed by atoms with Crippen LogP contribution in [-0.4, -0.2) is 14.8 Å². The third kappa shape index (κ3) is 1.54. The quantitative estimate of drug-likeness (QED) is 0.783. The molecule has 0 amide bonds. The van der Waals surface area contributed by atoms with Crippen LogP contribution in [0.1, 0.15) is 44.3 Å². The molecule has 4 aliphatic rings. The first-order chi connectivity index (χ1) is 8.22. The van der Waals surface area contributed by atoms with E-state index in [1.54, 1.807) is 0 Å². The summed E-state index contributed by atoms with van der Waals surface area (Å²) in [5, 5.41) is 8.34. The van der Waals surface area contributed by atoms with E-state index in [2.05, 4.69) is 21.8 Å². The Morgan fingerprint density at radius 1 is 1.18 bits per heavy atom. The molecule has 4 saturated carbocycles. The summed E-state index contributed by atoms with van der Waals surface area (Å²) >= 11 is 0. The molecular weight excluding hydrogens is 210 g/mol. The van der Waals surface area contributed by atoms with E-state index in [9.17, 15) is 0 Å². The van der Waals surface area contributed by atoms with Gasteiger partial charge in [-0.1, -0.05) is 0 Å². The Labute approximate surface area is 103 Å². The summed E-state index contributed by atoms with van der Waals surface area (Å²) in [7, 11) is 2.08. The predicted octanol–water partition coefficient (Wildman–Crippen LogP) is 2.57. The molecule has 0 unspecified atom stereocenters. The van der Waals surface area contributed by atoms with Crippen LogP contribution in [-0.2, 0) is 13.5 Å². The average molecular weight is 231 g/mol. The van der Waals surface area contributed by atoms with Crippen molar-refractivity contribution in [3.63, 3.8) is 0 Å². The van der Waals surface area contributed by atoms with Crippen molar-refractivity contribution in [2.24, 2.45) is 30.2 Å². The van der Waals surface area contributed by atoms with Crippen LogP contribution in [0, 0.1) is 23.2 Å². The van der Waals surface area contributed by atoms with E-state index in [0.717, 1.165) is 17.8 Å². The van der Waals surface area contributed by atoms with Crippen molar-refractivity contribution in [1.82, 2.24) is 14.8 Å². The molecule has 4 fully saturated rings. The van der Waals surface area contributed by atoms with Crippen molar-refractivity contribution in [2.45, 2.75) is 44.9 Å². The van der Waals surface area contributed by atoms with Gasteiger partial charge in [0.1, 0.15) is 12.2 Å². The van der Waals surface area contributed by atoms with Gasteiger partial charge >= 0.3 is 0 Å². The molecule has 1 aromatic heterocycles. The minimum absolute atomic E-state index is 0.593. The normalized spacial score (nSPS) is 43.2. The molecule has 0 spiro atoms. The summed E-state index contributed by atoms with van der Waals surface area (Å²) in [4.78, 5) is 0. The van der Waals surface area contributed by atoms with Gasteiger partial charge in [0.05, 0.1) is 0 Å². The summed E-state index contributed by atoms with van der Waals surface area (Å²) in [5.74, 6) is 4.31. The molecule has 1 heterocycles. The van der Waals surface area contributed by atoms with Crippen molar-refractivity contribution < 1.29 is 0 Å². The standard InChI is InChI=1S/C14H21N3/c1-17-9-15-16-13(17)8-14-5-10-2-11(6-14)4-12(3-10)7-14/h9-12H,2-8H2,1H3. The van der Waals surface area contributed by atoms with Gasteiger partial charge in [0, 0.05) is 13.5 Å². The zero-order chi connectivity index (χ0) is 11.5. The van der Waals surface area contributed by atoms with E-state index in [1.807, 2.05) is 6.33 Å². The summed E-state index contributed by atoms with van der Waals surface area (Å²) in [6.07, 6.45) is 12.0. The van der Waals surface area contributed by atoms with E-state index < -0.39 is 0 Å². The maximum absolute atomic E-state index is 4.30. The molecule has 3 heteroatoms. The molecule has 92 valence electrons. The molecule has 0 aromatic carbocycles. The Bertz CT molecular complexity index is 399. The molecule has 4 aliphatic carbocycles. The molecular formula is C14H21N3. The fourth-order valence-electron chi connectivity index (χ4n) is 5.31. The lowest BCUT2D eigenvalue weighted by molar-refractivity contribution is -0.0535. The summed E-state index contributed by atoms with van der Waals surface area (Å²) in [5.41, 5.74) is 0.593. The van der Waals surface area contributed by atoms with Crippen LogP contribution in [0.2, 0.25) is 0 Å². The Balaban J connectivity index is 1.62. The summed E-state index contributed by atoms with van der Waals surface area (Å²) < 4.78 is 2.11. The molecule has 1 aromatic rings. The highest BCUT2D eigenvalue weighted by atomic mass is 15.2. The summed E-state index contributed by atoms with van der Waals surface area (Å²) in [6.45, 7) is 0. The second-order valence-electron chi connectivity index (χ2n) is 6.95. The number of aryl methyl sites for hydroxylation is 1. The highest BCUT2D eigenvalue weighted by Crippen LogP contribution is 2.60. The van der Waals surface area contributed by atoms with E-state index >= 15 is 0 Å². The van der Waals surface area contributed by atoms with E-state index in [0.29, 0.717) is 5.41 Å². The predicted molar refractivity (Wildman–Crippen MR) is 65.3 cm³/mol. The average Bonchev–Trinajstić information content (AvgIpc) is 2.61.